The first-order valence-corrected chi connectivity index (χ1v) is 19.1. The summed E-state index contributed by atoms with van der Waals surface area (Å²) < 4.78 is 46.5. The highest BCUT2D eigenvalue weighted by Crippen LogP contribution is 2.38. The van der Waals surface area contributed by atoms with Crippen LogP contribution in [0.1, 0.15) is 39.9 Å². The number of likely N-dealkylation sites (tertiary alicyclic amines) is 1. The molecule has 0 saturated carbocycles. The van der Waals surface area contributed by atoms with Crippen LogP contribution in [0.25, 0.3) is 0 Å². The number of amides is 2. The van der Waals surface area contributed by atoms with Gasteiger partial charge in [0.25, 0.3) is 27.6 Å². The Hall–Kier alpha value is -5.69. The summed E-state index contributed by atoms with van der Waals surface area (Å²) in [7, 11) is 1.38. The van der Waals surface area contributed by atoms with E-state index in [2.05, 4.69) is 0 Å². The highest BCUT2D eigenvalue weighted by atomic mass is 32.2. The third-order valence-corrected chi connectivity index (χ3v) is 11.1. The fraction of sp³-hybridized carbons (Fsp3) is 0.317. The lowest BCUT2D eigenvalue weighted by atomic mass is 10.0. The molecule has 0 N–H and O–H groups in total. The standard InChI is InChI=1S/C41H46N4O8S/c1-29-18-20-33(21-19-29)54(49,50)45(26-23-31-15-10-7-11-16-31)41(42-24-22-30-13-8-6-9-14-30)44-25-12-17-34(39(44)47)43(2)40(48)37(46)32-27-35(51-3)38(53-5)36(28-32)52-4/h6-11,13-16,18-21,27-28,34H,12,17,22-26H2,1-5H3. The average Bonchev–Trinajstić information content (AvgIpc) is 3.19. The van der Waals surface area contributed by atoms with E-state index in [0.717, 1.165) is 21.6 Å². The molecule has 0 bridgehead atoms. The topological polar surface area (TPSA) is 135 Å². The third-order valence-electron chi connectivity index (χ3n) is 9.34. The molecule has 0 aromatic heterocycles. The maximum Gasteiger partial charge on any atom is 0.295 e. The highest BCUT2D eigenvalue weighted by molar-refractivity contribution is 7.89. The lowest BCUT2D eigenvalue weighted by molar-refractivity contribution is -0.142. The first kappa shape index (κ1) is 39.5. The van der Waals surface area contributed by atoms with E-state index in [0.29, 0.717) is 19.3 Å². The van der Waals surface area contributed by atoms with Crippen LogP contribution >= 0.6 is 0 Å². The van der Waals surface area contributed by atoms with E-state index in [-0.39, 0.29) is 59.7 Å². The predicted octanol–water partition coefficient (Wildman–Crippen LogP) is 5.19. The van der Waals surface area contributed by atoms with Gasteiger partial charge in [0.15, 0.2) is 11.5 Å². The Bertz CT molecular complexity index is 2050. The van der Waals surface area contributed by atoms with Crippen molar-refractivity contribution >= 4 is 33.6 Å². The van der Waals surface area contributed by atoms with Crippen LogP contribution in [-0.2, 0) is 32.5 Å². The Balaban J connectivity index is 1.51. The van der Waals surface area contributed by atoms with E-state index in [9.17, 15) is 22.8 Å². The van der Waals surface area contributed by atoms with E-state index in [4.69, 9.17) is 19.2 Å². The van der Waals surface area contributed by atoms with Gasteiger partial charge < -0.3 is 19.1 Å². The molecular weight excluding hydrogens is 709 g/mol. The molecule has 4 aromatic rings. The molecule has 0 spiro atoms. The Morgan fingerprint density at radius 1 is 0.833 bits per heavy atom. The molecule has 1 aliphatic heterocycles. The number of rotatable bonds is 14. The van der Waals surface area contributed by atoms with Crippen LogP contribution < -0.4 is 14.2 Å². The number of hydrogen-bond donors (Lipinski definition) is 0. The quantitative estimate of drug-likeness (QED) is 0.0744. The largest absolute Gasteiger partial charge is 0.493 e. The number of methoxy groups -OCH3 is 3. The molecule has 0 radical (unpaired) electrons. The van der Waals surface area contributed by atoms with Crippen molar-refractivity contribution in [3.63, 3.8) is 0 Å². The minimum Gasteiger partial charge on any atom is -0.493 e. The van der Waals surface area contributed by atoms with Crippen molar-refractivity contribution in [1.29, 1.82) is 0 Å². The molecule has 1 fully saturated rings. The van der Waals surface area contributed by atoms with E-state index in [1.807, 2.05) is 67.6 Å². The number of aliphatic imine (C=N–C) groups is 1. The summed E-state index contributed by atoms with van der Waals surface area (Å²) in [5.41, 5.74) is 2.78. The zero-order chi connectivity index (χ0) is 38.8. The summed E-state index contributed by atoms with van der Waals surface area (Å²) in [4.78, 5) is 49.3. The van der Waals surface area contributed by atoms with Crippen LogP contribution in [0.2, 0.25) is 0 Å². The van der Waals surface area contributed by atoms with Crippen molar-refractivity contribution < 1.29 is 37.0 Å². The second kappa shape index (κ2) is 17.9. The lowest BCUT2D eigenvalue weighted by Gasteiger charge is -2.39. The number of carbonyl (C=O) groups excluding carboxylic acids is 3. The highest BCUT2D eigenvalue weighted by Gasteiger charge is 2.41. The second-order valence-electron chi connectivity index (χ2n) is 12.9. The first-order valence-electron chi connectivity index (χ1n) is 17.6. The van der Waals surface area contributed by atoms with Crippen LogP contribution in [0.4, 0.5) is 0 Å². The molecule has 1 aliphatic rings. The molecule has 12 nitrogen and oxygen atoms in total. The Kier molecular flexibility index (Phi) is 13.1. The molecule has 0 aliphatic carbocycles. The van der Waals surface area contributed by atoms with Crippen molar-refractivity contribution in [2.75, 3.05) is 48.0 Å². The SMILES string of the molecule is COc1cc(C(=O)C(=O)N(C)C2CCCN(C(=NCCc3ccccc3)N(CCc3ccccc3)S(=O)(=O)c3ccc(C)cc3)C2=O)cc(OC)c1OC. The van der Waals surface area contributed by atoms with Gasteiger partial charge in [-0.15, -0.1) is 0 Å². The summed E-state index contributed by atoms with van der Waals surface area (Å²) in [6.07, 6.45) is 1.51. The first-order chi connectivity index (χ1) is 26.0. The summed E-state index contributed by atoms with van der Waals surface area (Å²) in [5.74, 6) is -1.75. The van der Waals surface area contributed by atoms with Crippen LogP contribution in [0.3, 0.4) is 0 Å². The number of sulfonamides is 1. The molecule has 284 valence electrons. The molecule has 4 aromatic carbocycles. The molecule has 2 amide bonds. The molecule has 1 saturated heterocycles. The van der Waals surface area contributed by atoms with E-state index in [1.165, 1.54) is 49.7 Å². The molecule has 54 heavy (non-hydrogen) atoms. The molecule has 5 rings (SSSR count). The van der Waals surface area contributed by atoms with Gasteiger partial charge in [0, 0.05) is 32.2 Å². The number of guanidine groups is 1. The number of ketones is 1. The van der Waals surface area contributed by atoms with Gasteiger partial charge in [-0.25, -0.2) is 12.7 Å². The van der Waals surface area contributed by atoms with Crippen molar-refractivity contribution in [1.82, 2.24) is 14.1 Å². The van der Waals surface area contributed by atoms with Gasteiger partial charge in [0.05, 0.1) is 26.2 Å². The summed E-state index contributed by atoms with van der Waals surface area (Å²) in [6.45, 7) is 2.21. The van der Waals surface area contributed by atoms with Crippen LogP contribution in [-0.4, -0.2) is 100 Å². The number of piperidine rings is 1. The van der Waals surface area contributed by atoms with Gasteiger partial charge in [-0.1, -0.05) is 78.4 Å². The minimum absolute atomic E-state index is 0.00671. The van der Waals surface area contributed by atoms with Gasteiger partial charge in [0.1, 0.15) is 6.04 Å². The average molecular weight is 755 g/mol. The van der Waals surface area contributed by atoms with Gasteiger partial charge in [-0.2, -0.15) is 0 Å². The van der Waals surface area contributed by atoms with E-state index < -0.39 is 33.7 Å². The van der Waals surface area contributed by atoms with Crippen LogP contribution in [0, 0.1) is 6.92 Å². The molecule has 1 heterocycles. The lowest BCUT2D eigenvalue weighted by Crippen LogP contribution is -2.59. The summed E-state index contributed by atoms with van der Waals surface area (Å²) >= 11 is 0. The summed E-state index contributed by atoms with van der Waals surface area (Å²) in [5, 5.41) is 0. The number of likely N-dealkylation sites (N-methyl/N-ethyl adjacent to an activating group) is 1. The normalized spacial score (nSPS) is 14.7. The maximum absolute atomic E-state index is 14.6. The Morgan fingerprint density at radius 3 is 1.96 bits per heavy atom. The number of aryl methyl sites for hydroxylation is 1. The number of nitrogens with zero attached hydrogens (tertiary/aromatic N) is 4. The molecular formula is C41H46N4O8S. The van der Waals surface area contributed by atoms with E-state index >= 15 is 0 Å². The van der Waals surface area contributed by atoms with Gasteiger partial charge in [0.2, 0.25) is 11.7 Å². The van der Waals surface area contributed by atoms with Gasteiger partial charge in [-0.3, -0.25) is 24.3 Å². The number of Topliss-reactive ketones (excluding diaryl/α,β-unsaturated/α-hetero) is 1. The van der Waals surface area contributed by atoms with Crippen molar-refractivity contribution in [3.05, 3.63) is 119 Å². The van der Waals surface area contributed by atoms with Crippen LogP contribution in [0.5, 0.6) is 17.2 Å². The van der Waals surface area contributed by atoms with Crippen molar-refractivity contribution in [2.45, 2.75) is 43.5 Å². The number of benzene rings is 4. The van der Waals surface area contributed by atoms with Crippen LogP contribution in [0.15, 0.2) is 107 Å². The third kappa shape index (κ3) is 8.91. The van der Waals surface area contributed by atoms with Gasteiger partial charge in [-0.05, 0) is 68.0 Å². The Labute approximate surface area is 317 Å². The monoisotopic (exact) mass is 754 g/mol. The van der Waals surface area contributed by atoms with Crippen molar-refractivity contribution in [3.8, 4) is 17.2 Å². The fourth-order valence-electron chi connectivity index (χ4n) is 6.32. The fourth-order valence-corrected chi connectivity index (χ4v) is 7.76. The van der Waals surface area contributed by atoms with Crippen molar-refractivity contribution in [2.24, 2.45) is 4.99 Å². The van der Waals surface area contributed by atoms with Gasteiger partial charge >= 0.3 is 0 Å². The molecule has 1 atom stereocenters. The van der Waals surface area contributed by atoms with E-state index in [1.54, 1.807) is 24.3 Å². The predicted molar refractivity (Wildman–Crippen MR) is 206 cm³/mol. The molecule has 1 unspecified atom stereocenters. The second-order valence-corrected chi connectivity index (χ2v) is 14.7. The Morgan fingerprint density at radius 2 is 1.41 bits per heavy atom. The number of carbonyl (C=O) groups is 3. The number of ether oxygens (including phenoxy) is 3. The zero-order valence-electron chi connectivity index (χ0n) is 31.2. The smallest absolute Gasteiger partial charge is 0.295 e. The maximum atomic E-state index is 14.6. The molecule has 13 heteroatoms. The minimum atomic E-state index is -4.24. The zero-order valence-corrected chi connectivity index (χ0v) is 32.0. The summed E-state index contributed by atoms with van der Waals surface area (Å²) in [6, 6.07) is 27.4. The number of hydrogen-bond acceptors (Lipinski definition) is 9.